The van der Waals surface area contributed by atoms with Gasteiger partial charge in [-0.05, 0) is 55.2 Å². The third-order valence-corrected chi connectivity index (χ3v) is 10.8. The summed E-state index contributed by atoms with van der Waals surface area (Å²) in [6.07, 6.45) is 3.14. The molecule has 8 atom stereocenters. The number of carbonyl (C=O) groups is 8. The standard InChI is InChI=1S/C41H62N12O11/c1-5-22(4)33(38(61)50-29(17-24-19-45-20-47-24)39(62)53-15-7-9-30(53)40(63)64)52-36(59)28(16-23-10-12-25(54)13-11-23)49-37(60)32(21(2)3)51-35(58)27(8-6-14-46-41(43)44)48-34(57)26(42)18-31(55)56/h10-13,19-22,26-30,32-33,54H,5-9,14-18,42H2,1-4H3,(H,45,47)(H,48,57)(H,49,60)(H,50,61)(H,51,58)(H,52,59)(H,55,56)(H,63,64)(H4,43,44,46)/t22?,26-,27-,28-,29-,30-,32-,33-/m0/s1. The molecule has 1 fully saturated rings. The van der Waals surface area contributed by atoms with E-state index in [1.165, 1.54) is 41.7 Å². The number of likely N-dealkylation sites (tertiary alicyclic amines) is 1. The molecule has 0 aliphatic carbocycles. The maximum atomic E-state index is 14.3. The number of phenolic OH excluding ortho intramolecular Hbond substituents is 1. The number of aliphatic carboxylic acids is 2. The minimum atomic E-state index is -1.49. The molecule has 23 heteroatoms. The van der Waals surface area contributed by atoms with Gasteiger partial charge in [-0.25, -0.2) is 9.78 Å². The summed E-state index contributed by atoms with van der Waals surface area (Å²) in [5, 5.41) is 42.0. The van der Waals surface area contributed by atoms with Crippen molar-refractivity contribution in [3.05, 3.63) is 48.0 Å². The number of phenols is 1. The van der Waals surface area contributed by atoms with Crippen molar-refractivity contribution in [2.24, 2.45) is 34.0 Å². The molecule has 1 aliphatic heterocycles. The Hall–Kier alpha value is -6.78. The van der Waals surface area contributed by atoms with E-state index in [0.717, 1.165) is 0 Å². The lowest BCUT2D eigenvalue weighted by Gasteiger charge is -2.31. The minimum absolute atomic E-state index is 0.0436. The number of aromatic hydroxyl groups is 1. The van der Waals surface area contributed by atoms with Crippen LogP contribution < -0.4 is 43.8 Å². The number of aromatic amines is 1. The van der Waals surface area contributed by atoms with Crippen molar-refractivity contribution in [2.45, 2.75) is 121 Å². The van der Waals surface area contributed by atoms with Crippen LogP contribution in [0.25, 0.3) is 0 Å². The van der Waals surface area contributed by atoms with E-state index in [1.54, 1.807) is 27.7 Å². The molecule has 1 aromatic heterocycles. The number of hydrogen-bond acceptors (Lipinski definition) is 12. The smallest absolute Gasteiger partial charge is 0.326 e. The highest BCUT2D eigenvalue weighted by molar-refractivity contribution is 5.97. The normalized spacial score (nSPS) is 16.8. The Labute approximate surface area is 370 Å². The second kappa shape index (κ2) is 24.8. The lowest BCUT2D eigenvalue weighted by atomic mass is 9.96. The van der Waals surface area contributed by atoms with Gasteiger partial charge in [-0.2, -0.15) is 0 Å². The summed E-state index contributed by atoms with van der Waals surface area (Å²) in [4.78, 5) is 118. The van der Waals surface area contributed by atoms with Gasteiger partial charge in [-0.3, -0.25) is 38.6 Å². The number of aromatic nitrogens is 2. The maximum Gasteiger partial charge on any atom is 0.326 e. The molecule has 64 heavy (non-hydrogen) atoms. The van der Waals surface area contributed by atoms with Gasteiger partial charge in [-0.1, -0.05) is 46.2 Å². The molecule has 352 valence electrons. The number of carboxylic acid groups (broad SMARTS) is 2. The molecule has 1 aliphatic rings. The number of H-pyrrole nitrogens is 1. The second-order valence-electron chi connectivity index (χ2n) is 16.1. The van der Waals surface area contributed by atoms with E-state index in [4.69, 9.17) is 22.3 Å². The molecule has 0 bridgehead atoms. The number of nitrogens with zero attached hydrogens (tertiary/aromatic N) is 3. The average molecular weight is 899 g/mol. The first-order chi connectivity index (χ1) is 30.2. The zero-order chi connectivity index (χ0) is 47.7. The number of nitrogens with one attached hydrogen (secondary N) is 6. The molecule has 0 saturated carbocycles. The molecule has 2 aromatic rings. The van der Waals surface area contributed by atoms with E-state index in [-0.39, 0.29) is 56.9 Å². The van der Waals surface area contributed by atoms with Crippen LogP contribution in [-0.2, 0) is 51.2 Å². The number of guanidine groups is 1. The van der Waals surface area contributed by atoms with Gasteiger partial charge >= 0.3 is 11.9 Å². The van der Waals surface area contributed by atoms with Gasteiger partial charge in [0, 0.05) is 37.8 Å². The van der Waals surface area contributed by atoms with Crippen LogP contribution in [0.2, 0.25) is 0 Å². The molecule has 0 radical (unpaired) electrons. The van der Waals surface area contributed by atoms with Crippen LogP contribution in [0.3, 0.4) is 0 Å². The van der Waals surface area contributed by atoms with Crippen molar-refractivity contribution in [2.75, 3.05) is 13.1 Å². The van der Waals surface area contributed by atoms with Gasteiger partial charge in [0.1, 0.15) is 42.0 Å². The topological polar surface area (TPSA) is 380 Å². The average Bonchev–Trinajstić information content (AvgIpc) is 3.95. The van der Waals surface area contributed by atoms with Crippen molar-refractivity contribution < 1.29 is 53.7 Å². The van der Waals surface area contributed by atoms with Crippen LogP contribution in [0, 0.1) is 11.8 Å². The van der Waals surface area contributed by atoms with Gasteiger partial charge in [-0.15, -0.1) is 0 Å². The van der Waals surface area contributed by atoms with Crippen molar-refractivity contribution >= 4 is 53.3 Å². The van der Waals surface area contributed by atoms with Crippen molar-refractivity contribution in [1.82, 2.24) is 41.5 Å². The predicted octanol–water partition coefficient (Wildman–Crippen LogP) is -2.04. The number of carbonyl (C=O) groups excluding carboxylic acids is 6. The first kappa shape index (κ1) is 51.6. The van der Waals surface area contributed by atoms with E-state index < -0.39 is 108 Å². The SMILES string of the molecule is CCC(C)[C@H](NC(=O)[C@H](Cc1ccc(O)cc1)NC(=O)[C@@H](NC(=O)[C@H](CCCN=C(N)N)NC(=O)[C@@H](N)CC(=O)O)C(C)C)C(=O)N[C@@H](Cc1cnc[nH]1)C(=O)N1CCC[C@H]1C(=O)O. The third kappa shape index (κ3) is 15.8. The lowest BCUT2D eigenvalue weighted by molar-refractivity contribution is -0.149. The first-order valence-corrected chi connectivity index (χ1v) is 21.0. The van der Waals surface area contributed by atoms with Crippen molar-refractivity contribution in [1.29, 1.82) is 0 Å². The second-order valence-corrected chi connectivity index (χ2v) is 16.1. The number of carboxylic acids is 2. The van der Waals surface area contributed by atoms with E-state index in [0.29, 0.717) is 24.1 Å². The maximum absolute atomic E-state index is 14.3. The quantitative estimate of drug-likeness (QED) is 0.0290. The van der Waals surface area contributed by atoms with Gasteiger partial charge in [0.05, 0.1) is 18.8 Å². The Morgan fingerprint density at radius 2 is 1.45 bits per heavy atom. The third-order valence-electron chi connectivity index (χ3n) is 10.8. The highest BCUT2D eigenvalue weighted by Crippen LogP contribution is 2.20. The van der Waals surface area contributed by atoms with E-state index in [2.05, 4.69) is 41.5 Å². The molecule has 1 saturated heterocycles. The number of amides is 6. The zero-order valence-electron chi connectivity index (χ0n) is 36.4. The number of benzene rings is 1. The first-order valence-electron chi connectivity index (χ1n) is 21.0. The van der Waals surface area contributed by atoms with Gasteiger partial charge < -0.3 is 69.0 Å². The Morgan fingerprint density at radius 3 is 2.03 bits per heavy atom. The monoisotopic (exact) mass is 898 g/mol. The van der Waals surface area contributed by atoms with Crippen LogP contribution in [0.15, 0.2) is 41.8 Å². The molecule has 2 heterocycles. The molecule has 23 nitrogen and oxygen atoms in total. The molecule has 1 aromatic carbocycles. The summed E-state index contributed by atoms with van der Waals surface area (Å²) in [5.41, 5.74) is 17.5. The van der Waals surface area contributed by atoms with Gasteiger partial charge in [0.2, 0.25) is 35.4 Å². The highest BCUT2D eigenvalue weighted by Gasteiger charge is 2.40. The fraction of sp³-hybridized carbons (Fsp3) is 0.561. The number of rotatable bonds is 25. The zero-order valence-corrected chi connectivity index (χ0v) is 36.4. The lowest BCUT2D eigenvalue weighted by Crippen LogP contribution is -2.62. The van der Waals surface area contributed by atoms with Crippen LogP contribution >= 0.6 is 0 Å². The Balaban J connectivity index is 1.91. The summed E-state index contributed by atoms with van der Waals surface area (Å²) in [7, 11) is 0. The summed E-state index contributed by atoms with van der Waals surface area (Å²) >= 11 is 0. The van der Waals surface area contributed by atoms with E-state index in [1.807, 2.05) is 0 Å². The molecule has 6 amide bonds. The number of aliphatic imine (C=N–C) groups is 1. The van der Waals surface area contributed by atoms with Crippen molar-refractivity contribution in [3.8, 4) is 5.75 Å². The fourth-order valence-corrected chi connectivity index (χ4v) is 6.98. The van der Waals surface area contributed by atoms with Crippen LogP contribution in [0.1, 0.15) is 77.5 Å². The number of hydrogen-bond donors (Lipinski definition) is 12. The summed E-state index contributed by atoms with van der Waals surface area (Å²) in [6.45, 7) is 6.98. The van der Waals surface area contributed by atoms with E-state index in [9.17, 15) is 48.6 Å². The highest BCUT2D eigenvalue weighted by atomic mass is 16.4. The number of nitrogens with two attached hydrogens (primary N) is 3. The van der Waals surface area contributed by atoms with Crippen LogP contribution in [0.4, 0.5) is 0 Å². The summed E-state index contributed by atoms with van der Waals surface area (Å²) in [6, 6.07) is -3.26. The summed E-state index contributed by atoms with van der Waals surface area (Å²) in [5.74, 6) is -8.67. The Bertz CT molecular complexity index is 1960. The molecule has 15 N–H and O–H groups in total. The van der Waals surface area contributed by atoms with Gasteiger partial charge in [0.25, 0.3) is 0 Å². The Morgan fingerprint density at radius 1 is 0.844 bits per heavy atom. The largest absolute Gasteiger partial charge is 0.508 e. The Kier molecular flexibility index (Phi) is 19.9. The predicted molar refractivity (Wildman–Crippen MR) is 231 cm³/mol. The molecule has 1 unspecified atom stereocenters. The molecular formula is C41H62N12O11. The van der Waals surface area contributed by atoms with Crippen LogP contribution in [-0.4, -0.2) is 139 Å². The fourth-order valence-electron chi connectivity index (χ4n) is 6.98. The molecule has 0 spiro atoms. The minimum Gasteiger partial charge on any atom is -0.508 e. The number of imidazole rings is 1. The molecule has 3 rings (SSSR count). The molecular weight excluding hydrogens is 837 g/mol. The van der Waals surface area contributed by atoms with Crippen molar-refractivity contribution in [3.63, 3.8) is 0 Å². The summed E-state index contributed by atoms with van der Waals surface area (Å²) < 4.78 is 0. The van der Waals surface area contributed by atoms with Gasteiger partial charge in [0.15, 0.2) is 5.96 Å². The van der Waals surface area contributed by atoms with Crippen LogP contribution in [0.5, 0.6) is 5.75 Å². The van der Waals surface area contributed by atoms with E-state index >= 15 is 0 Å².